The lowest BCUT2D eigenvalue weighted by Crippen LogP contribution is -2.13. The molecule has 5 heteroatoms. The summed E-state index contributed by atoms with van der Waals surface area (Å²) < 4.78 is 27.1. The second-order valence-electron chi connectivity index (χ2n) is 4.64. The van der Waals surface area contributed by atoms with E-state index in [9.17, 15) is 13.6 Å². The van der Waals surface area contributed by atoms with Crippen LogP contribution in [-0.4, -0.2) is 12.5 Å². The zero-order chi connectivity index (χ0) is 15.4. The van der Waals surface area contributed by atoms with Gasteiger partial charge in [-0.2, -0.15) is 0 Å². The lowest BCUT2D eigenvalue weighted by Gasteiger charge is -2.09. The van der Waals surface area contributed by atoms with Crippen LogP contribution in [0.3, 0.4) is 0 Å². The van der Waals surface area contributed by atoms with E-state index in [1.807, 2.05) is 6.92 Å². The van der Waals surface area contributed by atoms with Crippen LogP contribution in [0, 0.1) is 18.6 Å². The Kier molecular flexibility index (Phi) is 4.52. The zero-order valence-corrected chi connectivity index (χ0v) is 11.8. The molecule has 0 saturated carbocycles. The van der Waals surface area contributed by atoms with E-state index in [0.29, 0.717) is 5.56 Å². The topological polar surface area (TPSA) is 41.1 Å². The van der Waals surface area contributed by atoms with Gasteiger partial charge in [0.1, 0.15) is 11.6 Å². The Labute approximate surface area is 122 Å². The van der Waals surface area contributed by atoms with Gasteiger partial charge in [-0.3, -0.25) is 4.79 Å². The molecule has 0 atom stereocenters. The van der Waals surface area contributed by atoms with Crippen LogP contribution < -0.4 is 10.6 Å². The van der Waals surface area contributed by atoms with Crippen molar-refractivity contribution in [2.75, 3.05) is 17.2 Å². The first-order valence-corrected chi connectivity index (χ1v) is 6.62. The van der Waals surface area contributed by atoms with Crippen LogP contribution in [0.1, 0.15) is 22.8 Å². The highest BCUT2D eigenvalue weighted by Gasteiger charge is 2.12. The second-order valence-corrected chi connectivity index (χ2v) is 4.64. The van der Waals surface area contributed by atoms with Crippen molar-refractivity contribution in [3.05, 3.63) is 59.2 Å². The number of amides is 1. The van der Waals surface area contributed by atoms with E-state index in [2.05, 4.69) is 10.6 Å². The summed E-state index contributed by atoms with van der Waals surface area (Å²) in [6, 6.07) is 8.79. The Morgan fingerprint density at radius 1 is 1.10 bits per heavy atom. The molecule has 0 spiro atoms. The minimum absolute atomic E-state index is 0.168. The van der Waals surface area contributed by atoms with Gasteiger partial charge in [0.25, 0.3) is 5.91 Å². The first kappa shape index (κ1) is 15.0. The van der Waals surface area contributed by atoms with Gasteiger partial charge in [0.05, 0.1) is 5.69 Å². The number of rotatable bonds is 4. The predicted octanol–water partition coefficient (Wildman–Crippen LogP) is 3.96. The fourth-order valence-corrected chi connectivity index (χ4v) is 1.88. The van der Waals surface area contributed by atoms with Crippen LogP contribution in [0.25, 0.3) is 0 Å². The lowest BCUT2D eigenvalue weighted by atomic mass is 10.1. The van der Waals surface area contributed by atoms with E-state index >= 15 is 0 Å². The number of benzene rings is 2. The number of hydrogen-bond donors (Lipinski definition) is 2. The molecule has 2 aromatic carbocycles. The van der Waals surface area contributed by atoms with Crippen LogP contribution >= 0.6 is 0 Å². The van der Waals surface area contributed by atoms with Crippen molar-refractivity contribution in [1.29, 1.82) is 0 Å². The third-order valence-corrected chi connectivity index (χ3v) is 3.02. The van der Waals surface area contributed by atoms with Gasteiger partial charge in [-0.15, -0.1) is 0 Å². The molecule has 0 heterocycles. The van der Waals surface area contributed by atoms with E-state index in [-0.39, 0.29) is 11.3 Å². The maximum atomic E-state index is 13.7. The van der Waals surface area contributed by atoms with Gasteiger partial charge in [0, 0.05) is 23.9 Å². The summed E-state index contributed by atoms with van der Waals surface area (Å²) >= 11 is 0. The van der Waals surface area contributed by atoms with Crippen molar-refractivity contribution >= 4 is 17.3 Å². The van der Waals surface area contributed by atoms with Crippen molar-refractivity contribution in [2.24, 2.45) is 0 Å². The quantitative estimate of drug-likeness (QED) is 0.895. The number of hydrogen-bond acceptors (Lipinski definition) is 2. The highest BCUT2D eigenvalue weighted by molar-refractivity contribution is 6.04. The fraction of sp³-hybridized carbons (Fsp3) is 0.188. The minimum Gasteiger partial charge on any atom is -0.385 e. The SMILES string of the molecule is CCNc1ccc(C(=O)Nc2cc(F)c(C)cc2F)cc1. The van der Waals surface area contributed by atoms with Gasteiger partial charge in [-0.1, -0.05) is 0 Å². The zero-order valence-electron chi connectivity index (χ0n) is 11.8. The van der Waals surface area contributed by atoms with Crippen molar-refractivity contribution < 1.29 is 13.6 Å². The van der Waals surface area contributed by atoms with Crippen molar-refractivity contribution in [3.63, 3.8) is 0 Å². The molecule has 0 aliphatic carbocycles. The second kappa shape index (κ2) is 6.35. The van der Waals surface area contributed by atoms with E-state index in [0.717, 1.165) is 24.4 Å². The normalized spacial score (nSPS) is 10.3. The van der Waals surface area contributed by atoms with Crippen molar-refractivity contribution in [1.82, 2.24) is 0 Å². The third kappa shape index (κ3) is 3.56. The molecule has 110 valence electrons. The van der Waals surface area contributed by atoms with Gasteiger partial charge in [-0.05, 0) is 49.7 Å². The molecule has 21 heavy (non-hydrogen) atoms. The van der Waals surface area contributed by atoms with Crippen LogP contribution in [0.15, 0.2) is 36.4 Å². The van der Waals surface area contributed by atoms with E-state index < -0.39 is 17.5 Å². The Bertz CT molecular complexity index is 654. The minimum atomic E-state index is -0.661. The molecule has 1 amide bonds. The molecule has 0 aliphatic rings. The van der Waals surface area contributed by atoms with Crippen LogP contribution in [-0.2, 0) is 0 Å². The summed E-state index contributed by atoms with van der Waals surface area (Å²) in [7, 11) is 0. The van der Waals surface area contributed by atoms with Gasteiger partial charge in [0.2, 0.25) is 0 Å². The molecule has 2 N–H and O–H groups in total. The van der Waals surface area contributed by atoms with Crippen LogP contribution in [0.4, 0.5) is 20.2 Å². The van der Waals surface area contributed by atoms with E-state index in [1.165, 1.54) is 6.92 Å². The van der Waals surface area contributed by atoms with Gasteiger partial charge in [-0.25, -0.2) is 8.78 Å². The van der Waals surface area contributed by atoms with Crippen LogP contribution in [0.5, 0.6) is 0 Å². The first-order chi connectivity index (χ1) is 10.0. The summed E-state index contributed by atoms with van der Waals surface area (Å²) in [6.07, 6.45) is 0. The highest BCUT2D eigenvalue weighted by Crippen LogP contribution is 2.20. The number of anilines is 2. The number of aryl methyl sites for hydroxylation is 1. The molecule has 0 unspecified atom stereocenters. The summed E-state index contributed by atoms with van der Waals surface area (Å²) in [5.74, 6) is -1.71. The molecule has 0 saturated heterocycles. The average molecular weight is 290 g/mol. The number of halogens is 2. The first-order valence-electron chi connectivity index (χ1n) is 6.62. The Morgan fingerprint density at radius 2 is 1.76 bits per heavy atom. The third-order valence-electron chi connectivity index (χ3n) is 3.02. The average Bonchev–Trinajstić information content (AvgIpc) is 2.46. The molecule has 0 aliphatic heterocycles. The summed E-state index contributed by atoms with van der Waals surface area (Å²) in [4.78, 5) is 12.0. The fourth-order valence-electron chi connectivity index (χ4n) is 1.88. The molecule has 0 aromatic heterocycles. The molecule has 0 fully saturated rings. The predicted molar refractivity (Wildman–Crippen MR) is 79.7 cm³/mol. The van der Waals surface area contributed by atoms with Gasteiger partial charge < -0.3 is 10.6 Å². The smallest absolute Gasteiger partial charge is 0.255 e. The standard InChI is InChI=1S/C16H16F2N2O/c1-3-19-12-6-4-11(5-7-12)16(21)20-15-9-13(17)10(2)8-14(15)18/h4-9,19H,3H2,1-2H3,(H,20,21). The highest BCUT2D eigenvalue weighted by atomic mass is 19.1. The summed E-state index contributed by atoms with van der Waals surface area (Å²) in [5.41, 5.74) is 1.29. The Hall–Kier alpha value is -2.43. The Balaban J connectivity index is 2.16. The lowest BCUT2D eigenvalue weighted by molar-refractivity contribution is 0.102. The Morgan fingerprint density at radius 3 is 2.38 bits per heavy atom. The molecular formula is C16H16F2N2O. The van der Waals surface area contributed by atoms with E-state index in [1.54, 1.807) is 24.3 Å². The molecule has 2 aromatic rings. The number of carbonyl (C=O) groups excluding carboxylic acids is 1. The monoisotopic (exact) mass is 290 g/mol. The summed E-state index contributed by atoms with van der Waals surface area (Å²) in [5, 5.41) is 5.48. The molecular weight excluding hydrogens is 274 g/mol. The maximum absolute atomic E-state index is 13.7. The molecule has 2 rings (SSSR count). The van der Waals surface area contributed by atoms with Crippen LogP contribution in [0.2, 0.25) is 0 Å². The summed E-state index contributed by atoms with van der Waals surface area (Å²) in [6.45, 7) is 4.21. The number of carbonyl (C=O) groups is 1. The number of nitrogens with one attached hydrogen (secondary N) is 2. The van der Waals surface area contributed by atoms with Gasteiger partial charge in [0.15, 0.2) is 0 Å². The van der Waals surface area contributed by atoms with Gasteiger partial charge >= 0.3 is 0 Å². The van der Waals surface area contributed by atoms with E-state index in [4.69, 9.17) is 0 Å². The van der Waals surface area contributed by atoms with Crippen molar-refractivity contribution in [2.45, 2.75) is 13.8 Å². The molecule has 0 bridgehead atoms. The van der Waals surface area contributed by atoms with Crippen molar-refractivity contribution in [3.8, 4) is 0 Å². The maximum Gasteiger partial charge on any atom is 0.255 e. The largest absolute Gasteiger partial charge is 0.385 e. The molecule has 3 nitrogen and oxygen atoms in total. The molecule has 0 radical (unpaired) electrons.